The summed E-state index contributed by atoms with van der Waals surface area (Å²) in [4.78, 5) is 0. The van der Waals surface area contributed by atoms with Crippen molar-refractivity contribution in [3.63, 3.8) is 0 Å². The van der Waals surface area contributed by atoms with Gasteiger partial charge in [0.05, 0.1) is 7.85 Å². The molecular formula is C13H19B. The van der Waals surface area contributed by atoms with Gasteiger partial charge in [0.25, 0.3) is 0 Å². The highest BCUT2D eigenvalue weighted by atomic mass is 14.4. The van der Waals surface area contributed by atoms with Gasteiger partial charge in [-0.05, 0) is 34.5 Å². The highest BCUT2D eigenvalue weighted by Gasteiger charge is 2.36. The third-order valence-electron chi connectivity index (χ3n) is 3.25. The van der Waals surface area contributed by atoms with Crippen LogP contribution in [0.1, 0.15) is 20.3 Å². The van der Waals surface area contributed by atoms with E-state index in [9.17, 15) is 0 Å². The maximum absolute atomic E-state index is 5.62. The van der Waals surface area contributed by atoms with Gasteiger partial charge < -0.3 is 0 Å². The van der Waals surface area contributed by atoms with Crippen molar-refractivity contribution in [2.24, 2.45) is 17.8 Å². The smallest absolute Gasteiger partial charge is 0.0653 e. The van der Waals surface area contributed by atoms with Gasteiger partial charge >= 0.3 is 0 Å². The molecule has 2 unspecified atom stereocenters. The summed E-state index contributed by atoms with van der Waals surface area (Å²) in [5.74, 6) is 1.56. The largest absolute Gasteiger partial charge is 0.0949 e. The zero-order chi connectivity index (χ0) is 10.9. The molecule has 1 aliphatic carbocycles. The molecule has 0 aromatic rings. The first-order valence-electron chi connectivity index (χ1n) is 5.28. The predicted molar refractivity (Wildman–Crippen MR) is 64.4 cm³/mol. The van der Waals surface area contributed by atoms with Crippen LogP contribution in [0.3, 0.4) is 0 Å². The highest BCUT2D eigenvalue weighted by molar-refractivity contribution is 6.08. The van der Waals surface area contributed by atoms with Crippen LogP contribution in [-0.4, -0.2) is 7.85 Å². The van der Waals surface area contributed by atoms with Crippen molar-refractivity contribution in [2.45, 2.75) is 26.6 Å². The van der Waals surface area contributed by atoms with Gasteiger partial charge in [0.2, 0.25) is 0 Å². The number of hydrogen-bond acceptors (Lipinski definition) is 0. The summed E-state index contributed by atoms with van der Waals surface area (Å²) < 4.78 is 0. The Balaban J connectivity index is 2.95. The van der Waals surface area contributed by atoms with Gasteiger partial charge in [-0.1, -0.05) is 46.3 Å². The summed E-state index contributed by atoms with van der Waals surface area (Å²) in [7, 11) is 5.62. The number of allylic oxidation sites excluding steroid dienone is 3. The predicted octanol–water partition coefficient (Wildman–Crippen LogP) is 3.53. The van der Waals surface area contributed by atoms with E-state index < -0.39 is 0 Å². The average molecular weight is 186 g/mol. The van der Waals surface area contributed by atoms with Crippen LogP contribution in [0, 0.1) is 17.8 Å². The van der Waals surface area contributed by atoms with Crippen LogP contribution in [0.2, 0.25) is 6.32 Å². The lowest BCUT2D eigenvalue weighted by atomic mass is 9.79. The quantitative estimate of drug-likeness (QED) is 0.591. The van der Waals surface area contributed by atoms with E-state index in [1.807, 2.05) is 0 Å². The number of hydrogen-bond donors (Lipinski definition) is 0. The van der Waals surface area contributed by atoms with Gasteiger partial charge in [0.1, 0.15) is 0 Å². The molecule has 0 nitrogen and oxygen atoms in total. The summed E-state index contributed by atoms with van der Waals surface area (Å²) in [5.41, 5.74) is 3.38. The van der Waals surface area contributed by atoms with E-state index in [0.29, 0.717) is 24.1 Å². The summed E-state index contributed by atoms with van der Waals surface area (Å²) in [6, 6.07) is 0. The van der Waals surface area contributed by atoms with Crippen molar-refractivity contribution in [1.29, 1.82) is 0 Å². The van der Waals surface area contributed by atoms with Crippen LogP contribution in [0.4, 0.5) is 0 Å². The van der Waals surface area contributed by atoms with Gasteiger partial charge in [0.15, 0.2) is 0 Å². The molecule has 1 rings (SSSR count). The zero-order valence-electron chi connectivity index (χ0n) is 9.34. The molecule has 14 heavy (non-hydrogen) atoms. The molecule has 0 bridgehead atoms. The molecule has 0 spiro atoms. The molecule has 0 aromatic carbocycles. The first kappa shape index (κ1) is 11.4. The monoisotopic (exact) mass is 186 g/mol. The van der Waals surface area contributed by atoms with Gasteiger partial charge in [-0.2, -0.15) is 0 Å². The van der Waals surface area contributed by atoms with Crippen LogP contribution < -0.4 is 0 Å². The molecule has 2 radical (unpaired) electrons. The first-order chi connectivity index (χ1) is 6.50. The van der Waals surface area contributed by atoms with Crippen molar-refractivity contribution in [2.75, 3.05) is 0 Å². The lowest BCUT2D eigenvalue weighted by molar-refractivity contribution is 0.357. The fraction of sp³-hybridized carbons (Fsp3) is 0.538. The van der Waals surface area contributed by atoms with E-state index in [-0.39, 0.29) is 0 Å². The normalized spacial score (nSPS) is 27.8. The number of rotatable bonds is 3. The van der Waals surface area contributed by atoms with Crippen molar-refractivity contribution in [1.82, 2.24) is 0 Å². The Morgan fingerprint density at radius 3 is 2.21 bits per heavy atom. The lowest BCUT2D eigenvalue weighted by Gasteiger charge is -2.23. The maximum atomic E-state index is 5.62. The summed E-state index contributed by atoms with van der Waals surface area (Å²) in [6.07, 6.45) is 1.72. The molecule has 1 fully saturated rings. The highest BCUT2D eigenvalue weighted by Crippen LogP contribution is 2.47. The van der Waals surface area contributed by atoms with Gasteiger partial charge in [0, 0.05) is 0 Å². The van der Waals surface area contributed by atoms with Gasteiger partial charge in [-0.15, -0.1) is 0 Å². The Kier molecular flexibility index (Phi) is 3.41. The van der Waals surface area contributed by atoms with Crippen molar-refractivity contribution >= 4 is 7.85 Å². The van der Waals surface area contributed by atoms with Crippen LogP contribution in [-0.2, 0) is 0 Å². The summed E-state index contributed by atoms with van der Waals surface area (Å²) in [5, 5.41) is 0. The summed E-state index contributed by atoms with van der Waals surface area (Å²) in [6.45, 7) is 16.7. The van der Waals surface area contributed by atoms with E-state index in [1.54, 1.807) is 0 Å². The second kappa shape index (κ2) is 4.21. The average Bonchev–Trinajstić information content (AvgIpc) is 2.32. The molecule has 0 aliphatic heterocycles. The maximum Gasteiger partial charge on any atom is 0.0653 e. The second-order valence-corrected chi connectivity index (χ2v) is 4.48. The molecule has 1 saturated carbocycles. The molecule has 0 aromatic heterocycles. The third-order valence-corrected chi connectivity index (χ3v) is 3.25. The topological polar surface area (TPSA) is 0 Å². The molecular weight excluding hydrogens is 167 g/mol. The van der Waals surface area contributed by atoms with Gasteiger partial charge in [-0.3, -0.25) is 0 Å². The SMILES string of the molecule is [B]CCC1C(=C)C(=C)C(=C)C1C(C)C. The van der Waals surface area contributed by atoms with E-state index >= 15 is 0 Å². The third kappa shape index (κ3) is 1.73. The van der Waals surface area contributed by atoms with Crippen molar-refractivity contribution in [3.8, 4) is 0 Å². The molecule has 74 valence electrons. The molecule has 0 N–H and O–H groups in total. The van der Waals surface area contributed by atoms with E-state index in [1.165, 1.54) is 5.57 Å². The van der Waals surface area contributed by atoms with Crippen LogP contribution in [0.5, 0.6) is 0 Å². The molecule has 1 aliphatic rings. The minimum Gasteiger partial charge on any atom is -0.0949 e. The van der Waals surface area contributed by atoms with Crippen LogP contribution >= 0.6 is 0 Å². The Morgan fingerprint density at radius 2 is 1.79 bits per heavy atom. The Labute approximate surface area is 89.2 Å². The van der Waals surface area contributed by atoms with Crippen molar-refractivity contribution in [3.05, 3.63) is 36.5 Å². The first-order valence-corrected chi connectivity index (χ1v) is 5.28. The minimum absolute atomic E-state index is 0.472. The van der Waals surface area contributed by atoms with Crippen LogP contribution in [0.15, 0.2) is 36.5 Å². The van der Waals surface area contributed by atoms with Crippen molar-refractivity contribution < 1.29 is 0 Å². The van der Waals surface area contributed by atoms with E-state index in [2.05, 4.69) is 33.6 Å². The van der Waals surface area contributed by atoms with Crippen LogP contribution in [0.25, 0.3) is 0 Å². The fourth-order valence-corrected chi connectivity index (χ4v) is 2.49. The molecule has 2 atom stereocenters. The minimum atomic E-state index is 0.472. The molecule has 0 amide bonds. The Hall–Kier alpha value is -0.715. The Bertz CT molecular complexity index is 273. The van der Waals surface area contributed by atoms with E-state index in [4.69, 9.17) is 7.85 Å². The fourth-order valence-electron chi connectivity index (χ4n) is 2.49. The molecule has 0 heterocycles. The second-order valence-electron chi connectivity index (χ2n) is 4.48. The Morgan fingerprint density at radius 1 is 1.21 bits per heavy atom. The standard InChI is InChI=1S/C13H19B/c1-8(2)13-11(5)9(3)10(4)12(13)6-7-14/h8,12-13H,3-7H2,1-2H3. The summed E-state index contributed by atoms with van der Waals surface area (Å²) >= 11 is 0. The van der Waals surface area contributed by atoms with Gasteiger partial charge in [-0.25, -0.2) is 0 Å². The van der Waals surface area contributed by atoms with E-state index in [0.717, 1.165) is 17.6 Å². The zero-order valence-corrected chi connectivity index (χ0v) is 9.34. The lowest BCUT2D eigenvalue weighted by Crippen LogP contribution is -2.16. The molecule has 1 heteroatoms. The molecule has 0 saturated heterocycles.